The lowest BCUT2D eigenvalue weighted by Gasteiger charge is -2.11. The van der Waals surface area contributed by atoms with E-state index in [1.807, 2.05) is 41.2 Å². The van der Waals surface area contributed by atoms with Crippen molar-refractivity contribution in [2.24, 2.45) is 0 Å². The summed E-state index contributed by atoms with van der Waals surface area (Å²) in [7, 11) is 0. The predicted molar refractivity (Wildman–Crippen MR) is 103 cm³/mol. The molecule has 0 aliphatic carbocycles. The molecule has 7 heteroatoms. The quantitative estimate of drug-likeness (QED) is 0.542. The highest BCUT2D eigenvalue weighted by Gasteiger charge is 2.15. The molecule has 2 N–H and O–H groups in total. The topological polar surface area (TPSA) is 75.6 Å². The van der Waals surface area contributed by atoms with Crippen molar-refractivity contribution < 1.29 is 9.18 Å². The molecule has 6 nitrogen and oxygen atoms in total. The highest BCUT2D eigenvalue weighted by Crippen LogP contribution is 2.21. The first-order chi connectivity index (χ1) is 13.7. The number of aromatic nitrogens is 4. The Bertz CT molecular complexity index is 1070. The molecule has 0 radical (unpaired) electrons. The van der Waals surface area contributed by atoms with Crippen molar-refractivity contribution in [3.05, 3.63) is 95.7 Å². The second-order valence-electron chi connectivity index (χ2n) is 6.32. The first-order valence-electron chi connectivity index (χ1n) is 8.82. The third-order valence-electron chi connectivity index (χ3n) is 4.47. The Hall–Kier alpha value is -3.74. The molecule has 4 aromatic rings. The Kier molecular flexibility index (Phi) is 4.97. The Morgan fingerprint density at radius 2 is 1.86 bits per heavy atom. The molecule has 0 unspecified atom stereocenters. The van der Waals surface area contributed by atoms with Crippen LogP contribution in [0.2, 0.25) is 0 Å². The van der Waals surface area contributed by atoms with E-state index in [1.54, 1.807) is 18.3 Å². The summed E-state index contributed by atoms with van der Waals surface area (Å²) in [5.74, 6) is -0.579. The van der Waals surface area contributed by atoms with E-state index in [4.69, 9.17) is 0 Å². The normalized spacial score (nSPS) is 10.8. The van der Waals surface area contributed by atoms with Gasteiger partial charge in [-0.2, -0.15) is 10.2 Å². The van der Waals surface area contributed by atoms with Crippen LogP contribution in [-0.2, 0) is 13.1 Å². The van der Waals surface area contributed by atoms with Gasteiger partial charge in [-0.15, -0.1) is 0 Å². The van der Waals surface area contributed by atoms with E-state index in [2.05, 4.69) is 20.6 Å². The first kappa shape index (κ1) is 17.7. The minimum Gasteiger partial charge on any atom is -0.348 e. The number of rotatable bonds is 6. The van der Waals surface area contributed by atoms with Crippen molar-refractivity contribution in [1.82, 2.24) is 25.3 Å². The number of nitrogens with one attached hydrogen (secondary N) is 2. The molecule has 140 valence electrons. The molecule has 0 spiro atoms. The van der Waals surface area contributed by atoms with Gasteiger partial charge in [0.1, 0.15) is 5.82 Å². The van der Waals surface area contributed by atoms with Crippen LogP contribution in [0, 0.1) is 5.82 Å². The minimum atomic E-state index is -0.331. The van der Waals surface area contributed by atoms with Crippen LogP contribution in [0.3, 0.4) is 0 Å². The maximum absolute atomic E-state index is 13.2. The van der Waals surface area contributed by atoms with E-state index in [-0.39, 0.29) is 11.7 Å². The molecule has 0 fully saturated rings. The van der Waals surface area contributed by atoms with Gasteiger partial charge < -0.3 is 5.32 Å². The molecule has 4 rings (SSSR count). The fourth-order valence-electron chi connectivity index (χ4n) is 3.02. The molecular formula is C21H18FN5O. The van der Waals surface area contributed by atoms with E-state index >= 15 is 0 Å². The van der Waals surface area contributed by atoms with E-state index in [0.29, 0.717) is 29.9 Å². The lowest BCUT2D eigenvalue weighted by atomic mass is 10.1. The zero-order valence-electron chi connectivity index (χ0n) is 15.0. The molecule has 2 heterocycles. The van der Waals surface area contributed by atoms with Crippen molar-refractivity contribution in [2.75, 3.05) is 0 Å². The minimum absolute atomic E-state index is 0.248. The summed E-state index contributed by atoms with van der Waals surface area (Å²) in [5.41, 5.74) is 3.76. The lowest BCUT2D eigenvalue weighted by molar-refractivity contribution is 0.0951. The van der Waals surface area contributed by atoms with Gasteiger partial charge in [0.15, 0.2) is 0 Å². The van der Waals surface area contributed by atoms with Crippen LogP contribution in [-0.4, -0.2) is 25.9 Å². The van der Waals surface area contributed by atoms with Crippen molar-refractivity contribution >= 4 is 5.91 Å². The maximum atomic E-state index is 13.2. The smallest absolute Gasteiger partial charge is 0.255 e. The molecule has 0 bridgehead atoms. The van der Waals surface area contributed by atoms with Gasteiger partial charge in [-0.05, 0) is 41.5 Å². The highest BCUT2D eigenvalue weighted by atomic mass is 19.1. The third kappa shape index (κ3) is 3.83. The van der Waals surface area contributed by atoms with Crippen LogP contribution in [0.5, 0.6) is 0 Å². The standard InChI is InChI=1S/C21H18FN5O/c22-18-8-6-15(7-9-18)20-19(13-24-26-20)21(28)23-12-16-4-1-2-5-17(16)14-27-11-3-10-25-27/h1-11,13H,12,14H2,(H,23,28)(H,24,26). The SMILES string of the molecule is O=C(NCc1ccccc1Cn1cccn1)c1cn[nH]c1-c1ccc(F)cc1. The number of nitrogens with zero attached hydrogens (tertiary/aromatic N) is 3. The Labute approximate surface area is 161 Å². The summed E-state index contributed by atoms with van der Waals surface area (Å²) in [6.07, 6.45) is 5.11. The summed E-state index contributed by atoms with van der Waals surface area (Å²) < 4.78 is 15.0. The zero-order chi connectivity index (χ0) is 19.3. The molecule has 2 aromatic carbocycles. The van der Waals surface area contributed by atoms with Crippen molar-refractivity contribution in [1.29, 1.82) is 0 Å². The number of amides is 1. The molecule has 28 heavy (non-hydrogen) atoms. The molecule has 0 atom stereocenters. The summed E-state index contributed by atoms with van der Waals surface area (Å²) in [5, 5.41) is 14.0. The number of benzene rings is 2. The average molecular weight is 375 g/mol. The van der Waals surface area contributed by atoms with E-state index in [1.165, 1.54) is 18.3 Å². The summed E-state index contributed by atoms with van der Waals surface area (Å²) >= 11 is 0. The van der Waals surface area contributed by atoms with Gasteiger partial charge in [0.05, 0.1) is 24.0 Å². The summed E-state index contributed by atoms with van der Waals surface area (Å²) in [6.45, 7) is 1.01. The van der Waals surface area contributed by atoms with Crippen molar-refractivity contribution in [3.63, 3.8) is 0 Å². The fraction of sp³-hybridized carbons (Fsp3) is 0.0952. The molecule has 2 aromatic heterocycles. The molecule has 0 saturated carbocycles. The predicted octanol–water partition coefficient (Wildman–Crippen LogP) is 3.39. The lowest BCUT2D eigenvalue weighted by Crippen LogP contribution is -2.23. The van der Waals surface area contributed by atoms with Gasteiger partial charge in [0.2, 0.25) is 0 Å². The summed E-state index contributed by atoms with van der Waals surface area (Å²) in [6, 6.07) is 15.7. The second-order valence-corrected chi connectivity index (χ2v) is 6.32. The summed E-state index contributed by atoms with van der Waals surface area (Å²) in [4.78, 5) is 12.7. The van der Waals surface area contributed by atoms with Gasteiger partial charge >= 0.3 is 0 Å². The first-order valence-corrected chi connectivity index (χ1v) is 8.82. The zero-order valence-corrected chi connectivity index (χ0v) is 15.0. The van der Waals surface area contributed by atoms with Crippen LogP contribution in [0.15, 0.2) is 73.2 Å². The van der Waals surface area contributed by atoms with Gasteiger partial charge in [-0.3, -0.25) is 14.6 Å². The van der Waals surface area contributed by atoms with Crippen molar-refractivity contribution in [2.45, 2.75) is 13.1 Å². The number of aromatic amines is 1. The van der Waals surface area contributed by atoms with Gasteiger partial charge in [0.25, 0.3) is 5.91 Å². The van der Waals surface area contributed by atoms with E-state index in [9.17, 15) is 9.18 Å². The maximum Gasteiger partial charge on any atom is 0.255 e. The molecule has 0 aliphatic heterocycles. The largest absolute Gasteiger partial charge is 0.348 e. The van der Waals surface area contributed by atoms with Crippen molar-refractivity contribution in [3.8, 4) is 11.3 Å². The Morgan fingerprint density at radius 1 is 1.07 bits per heavy atom. The Balaban J connectivity index is 1.49. The molecule has 0 saturated heterocycles. The fourth-order valence-corrected chi connectivity index (χ4v) is 3.02. The van der Waals surface area contributed by atoms with Gasteiger partial charge in [0, 0.05) is 24.5 Å². The van der Waals surface area contributed by atoms with Gasteiger partial charge in [-0.25, -0.2) is 4.39 Å². The number of hydrogen-bond donors (Lipinski definition) is 2. The number of halogens is 1. The molecule has 0 aliphatic rings. The third-order valence-corrected chi connectivity index (χ3v) is 4.47. The molecule has 1 amide bonds. The average Bonchev–Trinajstić information content (AvgIpc) is 3.40. The van der Waals surface area contributed by atoms with Crippen LogP contribution >= 0.6 is 0 Å². The van der Waals surface area contributed by atoms with E-state index in [0.717, 1.165) is 11.1 Å². The number of carbonyl (C=O) groups is 1. The van der Waals surface area contributed by atoms with Crippen LogP contribution < -0.4 is 5.32 Å². The molecular weight excluding hydrogens is 357 g/mol. The number of hydrogen-bond acceptors (Lipinski definition) is 3. The van der Waals surface area contributed by atoms with Crippen LogP contribution in [0.1, 0.15) is 21.5 Å². The second kappa shape index (κ2) is 7.87. The number of carbonyl (C=O) groups excluding carboxylic acids is 1. The van der Waals surface area contributed by atoms with Crippen LogP contribution in [0.25, 0.3) is 11.3 Å². The van der Waals surface area contributed by atoms with E-state index < -0.39 is 0 Å². The van der Waals surface area contributed by atoms with Gasteiger partial charge in [-0.1, -0.05) is 24.3 Å². The number of H-pyrrole nitrogens is 1. The van der Waals surface area contributed by atoms with Crippen LogP contribution in [0.4, 0.5) is 4.39 Å². The monoisotopic (exact) mass is 375 g/mol. The Morgan fingerprint density at radius 3 is 2.61 bits per heavy atom. The highest BCUT2D eigenvalue weighted by molar-refractivity contribution is 5.99.